The number of hydrogen-bond donors (Lipinski definition) is 3. The number of aryl methyl sites for hydroxylation is 1. The number of nitrogens with two attached hydrogens (primary N) is 1. The van der Waals surface area contributed by atoms with Gasteiger partial charge in [0.15, 0.2) is 0 Å². The van der Waals surface area contributed by atoms with Crippen LogP contribution in [0.1, 0.15) is 47.9 Å². The Morgan fingerprint density at radius 3 is 2.94 bits per heavy atom. The molecule has 1 aromatic carbocycles. The first-order valence-electron chi connectivity index (χ1n) is 10.4. The predicted molar refractivity (Wildman–Crippen MR) is 119 cm³/mol. The van der Waals surface area contributed by atoms with Crippen molar-refractivity contribution in [3.63, 3.8) is 0 Å². The number of rotatable bonds is 6. The first kappa shape index (κ1) is 21.7. The van der Waals surface area contributed by atoms with E-state index in [9.17, 15) is 17.9 Å². The Labute approximate surface area is 188 Å². The zero-order valence-electron chi connectivity index (χ0n) is 17.1. The summed E-state index contributed by atoms with van der Waals surface area (Å²) in [6.07, 6.45) is 3.61. The zero-order chi connectivity index (χ0) is 22.5. The maximum absolute atomic E-state index is 13.5. The molecule has 1 fully saturated rings. The number of hydrogen-bond acceptors (Lipinski definition) is 8. The van der Waals surface area contributed by atoms with E-state index < -0.39 is 16.4 Å². The largest absolute Gasteiger partial charge is 0.393 e. The molecule has 2 aliphatic carbocycles. The molecule has 11 heteroatoms. The summed E-state index contributed by atoms with van der Waals surface area (Å²) >= 11 is 1.54. The number of nitrogens with one attached hydrogen (secondary N) is 1. The van der Waals surface area contributed by atoms with Crippen LogP contribution in [0.4, 0.5) is 10.2 Å². The molecule has 1 saturated carbocycles. The number of nitrogens with zero attached hydrogens (tertiary/aromatic N) is 2. The third-order valence-corrected chi connectivity index (χ3v) is 7.88. The number of aromatic nitrogens is 2. The summed E-state index contributed by atoms with van der Waals surface area (Å²) in [7, 11) is -4.04. The van der Waals surface area contributed by atoms with Crippen LogP contribution in [0.2, 0.25) is 0 Å². The van der Waals surface area contributed by atoms with Gasteiger partial charge in [-0.3, -0.25) is 4.18 Å². The summed E-state index contributed by atoms with van der Waals surface area (Å²) in [6.45, 7) is -0.137. The molecule has 0 radical (unpaired) electrons. The molecule has 5 rings (SSSR count). The summed E-state index contributed by atoms with van der Waals surface area (Å²) in [5.74, 6) is 0.234. The van der Waals surface area contributed by atoms with Crippen LogP contribution in [0.15, 0.2) is 29.9 Å². The van der Waals surface area contributed by atoms with Crippen molar-refractivity contribution in [1.29, 1.82) is 0 Å². The SMILES string of the molecule is NS(=O)(=O)OC[C@@H]1C[C@@H](c2csc3c(NC4CCc5cc(F)ccc54)ncnc23)C[C@@H]1O. The number of thiophene rings is 1. The third-order valence-electron chi connectivity index (χ3n) is 6.42. The van der Waals surface area contributed by atoms with Crippen molar-refractivity contribution in [3.05, 3.63) is 52.4 Å². The lowest BCUT2D eigenvalue weighted by Gasteiger charge is -2.15. The zero-order valence-corrected chi connectivity index (χ0v) is 18.7. The summed E-state index contributed by atoms with van der Waals surface area (Å²) in [4.78, 5) is 8.94. The van der Waals surface area contributed by atoms with E-state index in [0.717, 1.165) is 45.6 Å². The number of fused-ring (bicyclic) bond motifs is 2. The Bertz CT molecular complexity index is 1270. The van der Waals surface area contributed by atoms with Crippen molar-refractivity contribution in [2.45, 2.75) is 43.7 Å². The fraction of sp³-hybridized carbons (Fsp3) is 0.429. The molecule has 2 aliphatic rings. The fourth-order valence-electron chi connectivity index (χ4n) is 4.88. The van der Waals surface area contributed by atoms with E-state index in [-0.39, 0.29) is 30.3 Å². The van der Waals surface area contributed by atoms with Gasteiger partial charge in [-0.2, -0.15) is 8.42 Å². The molecular weight excluding hydrogens is 455 g/mol. The Morgan fingerprint density at radius 1 is 1.28 bits per heavy atom. The topological polar surface area (TPSA) is 127 Å². The summed E-state index contributed by atoms with van der Waals surface area (Å²) in [5.41, 5.74) is 3.95. The highest BCUT2D eigenvalue weighted by Gasteiger charge is 2.36. The number of halogens is 1. The van der Waals surface area contributed by atoms with Crippen molar-refractivity contribution < 1.29 is 22.1 Å². The smallest absolute Gasteiger partial charge is 0.333 e. The van der Waals surface area contributed by atoms with Crippen LogP contribution in [0, 0.1) is 11.7 Å². The predicted octanol–water partition coefficient (Wildman–Crippen LogP) is 3.00. The Hall–Kier alpha value is -2.18. The lowest BCUT2D eigenvalue weighted by Crippen LogP contribution is -2.24. The molecule has 0 spiro atoms. The van der Waals surface area contributed by atoms with E-state index in [4.69, 9.17) is 9.32 Å². The maximum Gasteiger partial charge on any atom is 0.333 e. The lowest BCUT2D eigenvalue weighted by atomic mass is 9.98. The number of benzene rings is 1. The number of aliphatic hydroxyl groups is 1. The second-order valence-corrected chi connectivity index (χ2v) is 10.5. The van der Waals surface area contributed by atoms with Crippen molar-refractivity contribution in [2.75, 3.05) is 11.9 Å². The molecule has 170 valence electrons. The van der Waals surface area contributed by atoms with Crippen LogP contribution in [0.25, 0.3) is 10.2 Å². The Morgan fingerprint density at radius 2 is 2.12 bits per heavy atom. The minimum atomic E-state index is -4.04. The van der Waals surface area contributed by atoms with Crippen LogP contribution in [0.5, 0.6) is 0 Å². The van der Waals surface area contributed by atoms with Gasteiger partial charge in [-0.05, 0) is 65.8 Å². The molecule has 32 heavy (non-hydrogen) atoms. The fourth-order valence-corrected chi connectivity index (χ4v) is 6.30. The second-order valence-electron chi connectivity index (χ2n) is 8.44. The van der Waals surface area contributed by atoms with E-state index in [1.165, 1.54) is 23.7 Å². The van der Waals surface area contributed by atoms with Gasteiger partial charge in [-0.25, -0.2) is 19.5 Å². The van der Waals surface area contributed by atoms with Gasteiger partial charge >= 0.3 is 10.3 Å². The van der Waals surface area contributed by atoms with Gasteiger partial charge in [-0.15, -0.1) is 11.3 Å². The number of aliphatic hydroxyl groups excluding tert-OH is 1. The van der Waals surface area contributed by atoms with E-state index >= 15 is 0 Å². The summed E-state index contributed by atoms with van der Waals surface area (Å²) < 4.78 is 41.3. The molecule has 4 N–H and O–H groups in total. The highest BCUT2D eigenvalue weighted by atomic mass is 32.2. The van der Waals surface area contributed by atoms with Crippen molar-refractivity contribution in [3.8, 4) is 0 Å². The summed E-state index contributed by atoms with van der Waals surface area (Å²) in [6, 6.07) is 4.97. The van der Waals surface area contributed by atoms with Crippen molar-refractivity contribution in [2.24, 2.45) is 11.1 Å². The monoisotopic (exact) mass is 478 g/mol. The standard InChI is InChI=1S/C21H23FN4O4S2/c22-14-2-3-15-11(6-14)1-4-17(15)26-21-20-19(24-10-25-21)16(9-31-20)12-5-13(18(27)7-12)8-30-32(23,28)29/h2-3,6,9-10,12-13,17-18,27H,1,4-5,7-8H2,(H2,23,28,29)(H,24,25,26)/t12-,13+,17?,18+/m1/s1. The van der Waals surface area contributed by atoms with Crippen LogP contribution in [-0.4, -0.2) is 36.2 Å². The first-order valence-corrected chi connectivity index (χ1v) is 12.8. The number of anilines is 1. The Balaban J connectivity index is 1.36. The van der Waals surface area contributed by atoms with Gasteiger partial charge in [-0.1, -0.05) is 6.07 Å². The van der Waals surface area contributed by atoms with Crippen molar-refractivity contribution >= 4 is 37.7 Å². The van der Waals surface area contributed by atoms with Crippen molar-refractivity contribution in [1.82, 2.24) is 9.97 Å². The van der Waals surface area contributed by atoms with E-state index in [0.29, 0.717) is 12.8 Å². The average molecular weight is 479 g/mol. The third kappa shape index (κ3) is 4.23. The van der Waals surface area contributed by atoms with Gasteiger partial charge < -0.3 is 10.4 Å². The molecule has 2 heterocycles. The molecule has 0 saturated heterocycles. The van der Waals surface area contributed by atoms with E-state index in [1.807, 2.05) is 11.4 Å². The lowest BCUT2D eigenvalue weighted by molar-refractivity contribution is 0.101. The van der Waals surface area contributed by atoms with Gasteiger partial charge in [0.2, 0.25) is 0 Å². The molecular formula is C21H23FN4O4S2. The molecule has 2 aromatic heterocycles. The second kappa shape index (κ2) is 8.31. The minimum Gasteiger partial charge on any atom is -0.393 e. The van der Waals surface area contributed by atoms with Gasteiger partial charge in [0, 0.05) is 5.92 Å². The maximum atomic E-state index is 13.5. The average Bonchev–Trinajstić information content (AvgIpc) is 3.43. The molecule has 0 aliphatic heterocycles. The quantitative estimate of drug-likeness (QED) is 0.497. The highest BCUT2D eigenvalue weighted by molar-refractivity contribution is 7.84. The molecule has 0 bridgehead atoms. The summed E-state index contributed by atoms with van der Waals surface area (Å²) in [5, 5.41) is 20.8. The minimum absolute atomic E-state index is 0.0331. The normalized spacial score (nSPS) is 25.3. The molecule has 1 unspecified atom stereocenters. The Kier molecular flexibility index (Phi) is 5.62. The molecule has 0 amide bonds. The van der Waals surface area contributed by atoms with Crippen LogP contribution >= 0.6 is 11.3 Å². The molecule has 4 atom stereocenters. The van der Waals surface area contributed by atoms with Gasteiger partial charge in [0.05, 0.1) is 29.0 Å². The van der Waals surface area contributed by atoms with Crippen LogP contribution in [-0.2, 0) is 20.9 Å². The van der Waals surface area contributed by atoms with E-state index in [2.05, 4.69) is 15.3 Å². The molecule has 8 nitrogen and oxygen atoms in total. The van der Waals surface area contributed by atoms with Gasteiger partial charge in [0.1, 0.15) is 18.0 Å². The van der Waals surface area contributed by atoms with Gasteiger partial charge in [0.25, 0.3) is 0 Å². The highest BCUT2D eigenvalue weighted by Crippen LogP contribution is 2.44. The van der Waals surface area contributed by atoms with Crippen LogP contribution in [0.3, 0.4) is 0 Å². The first-order chi connectivity index (χ1) is 15.3. The molecule has 3 aromatic rings. The van der Waals surface area contributed by atoms with E-state index in [1.54, 1.807) is 6.07 Å². The van der Waals surface area contributed by atoms with Crippen LogP contribution < -0.4 is 10.5 Å².